The van der Waals surface area contributed by atoms with E-state index < -0.39 is 16.1 Å². The molecule has 0 aromatic heterocycles. The van der Waals surface area contributed by atoms with E-state index in [1.54, 1.807) is 26.0 Å². The Kier molecular flexibility index (Phi) is 5.79. The molecule has 0 aliphatic heterocycles. The van der Waals surface area contributed by atoms with Gasteiger partial charge in [0.15, 0.2) is 0 Å². The highest BCUT2D eigenvalue weighted by atomic mass is 79.9. The zero-order chi connectivity index (χ0) is 13.9. The quantitative estimate of drug-likeness (QED) is 0.798. The van der Waals surface area contributed by atoms with Gasteiger partial charge in [0, 0.05) is 15.0 Å². The zero-order valence-corrected chi connectivity index (χ0v) is 14.0. The highest BCUT2D eigenvalue weighted by molar-refractivity contribution is 9.11. The predicted molar refractivity (Wildman–Crippen MR) is 77.9 cm³/mol. The lowest BCUT2D eigenvalue weighted by atomic mass is 10.2. The third-order valence-corrected chi connectivity index (χ3v) is 5.31. The lowest BCUT2D eigenvalue weighted by Gasteiger charge is -2.16. The van der Waals surface area contributed by atoms with Gasteiger partial charge in [0.1, 0.15) is 0 Å². The van der Waals surface area contributed by atoms with Gasteiger partial charge in [-0.15, -0.1) is 0 Å². The summed E-state index contributed by atoms with van der Waals surface area (Å²) in [6.45, 7) is 3.34. The van der Waals surface area contributed by atoms with Crippen molar-refractivity contribution in [2.75, 3.05) is 0 Å². The zero-order valence-electron chi connectivity index (χ0n) is 10.0. The molecule has 0 radical (unpaired) electrons. The molecule has 0 saturated heterocycles. The van der Waals surface area contributed by atoms with E-state index in [9.17, 15) is 13.5 Å². The summed E-state index contributed by atoms with van der Waals surface area (Å²) >= 11 is 6.46. The molecule has 2 unspecified atom stereocenters. The second-order valence-electron chi connectivity index (χ2n) is 4.18. The topological polar surface area (TPSA) is 66.4 Å². The maximum Gasteiger partial charge on any atom is 0.241 e. The number of rotatable bonds is 5. The molecule has 0 bridgehead atoms. The second kappa shape index (κ2) is 6.47. The van der Waals surface area contributed by atoms with Crippen LogP contribution in [-0.4, -0.2) is 25.7 Å². The van der Waals surface area contributed by atoms with Gasteiger partial charge in [0.05, 0.1) is 11.0 Å². The Labute approximate surface area is 124 Å². The van der Waals surface area contributed by atoms with E-state index in [1.165, 1.54) is 6.07 Å². The molecule has 0 spiro atoms. The molecule has 0 aliphatic carbocycles. The standard InChI is InChI=1S/C11H15Br2NO3S/c1-7(5-8(2)15)14-18(16,17)11-6-9(12)3-4-10(11)13/h3-4,6-8,14-15H,5H2,1-2H3. The van der Waals surface area contributed by atoms with E-state index in [2.05, 4.69) is 36.6 Å². The Hall–Kier alpha value is 0.0500. The SMILES string of the molecule is CC(O)CC(C)NS(=O)(=O)c1cc(Br)ccc1Br. The number of aliphatic hydroxyl groups is 1. The molecule has 1 aromatic rings. The lowest BCUT2D eigenvalue weighted by Crippen LogP contribution is -2.34. The molecule has 0 aliphatic rings. The van der Waals surface area contributed by atoms with Crippen molar-refractivity contribution >= 4 is 41.9 Å². The van der Waals surface area contributed by atoms with Crippen molar-refractivity contribution in [1.29, 1.82) is 0 Å². The van der Waals surface area contributed by atoms with Crippen LogP contribution in [0.2, 0.25) is 0 Å². The van der Waals surface area contributed by atoms with Crippen molar-refractivity contribution < 1.29 is 13.5 Å². The maximum absolute atomic E-state index is 12.2. The summed E-state index contributed by atoms with van der Waals surface area (Å²) in [4.78, 5) is 0.175. The summed E-state index contributed by atoms with van der Waals surface area (Å²) in [6, 6.07) is 4.61. The van der Waals surface area contributed by atoms with Crippen molar-refractivity contribution in [1.82, 2.24) is 4.72 Å². The van der Waals surface area contributed by atoms with E-state index in [0.717, 1.165) is 0 Å². The molecule has 7 heteroatoms. The number of sulfonamides is 1. The van der Waals surface area contributed by atoms with Gasteiger partial charge in [-0.25, -0.2) is 13.1 Å². The highest BCUT2D eigenvalue weighted by Gasteiger charge is 2.21. The van der Waals surface area contributed by atoms with E-state index in [4.69, 9.17) is 0 Å². The van der Waals surface area contributed by atoms with Crippen molar-refractivity contribution in [3.63, 3.8) is 0 Å². The second-order valence-corrected chi connectivity index (χ2v) is 7.63. The van der Waals surface area contributed by atoms with Crippen molar-refractivity contribution in [2.24, 2.45) is 0 Å². The minimum atomic E-state index is -3.60. The first-order valence-corrected chi connectivity index (χ1v) is 8.44. The monoisotopic (exact) mass is 399 g/mol. The van der Waals surface area contributed by atoms with Gasteiger partial charge < -0.3 is 5.11 Å². The summed E-state index contributed by atoms with van der Waals surface area (Å²) in [7, 11) is -3.60. The van der Waals surface area contributed by atoms with Crippen molar-refractivity contribution in [3.8, 4) is 0 Å². The lowest BCUT2D eigenvalue weighted by molar-refractivity contribution is 0.175. The van der Waals surface area contributed by atoms with Crippen LogP contribution in [-0.2, 0) is 10.0 Å². The van der Waals surface area contributed by atoms with Crippen LogP contribution in [0.5, 0.6) is 0 Å². The Balaban J connectivity index is 2.96. The molecule has 1 rings (SSSR count). The molecule has 4 nitrogen and oxygen atoms in total. The normalized spacial score (nSPS) is 15.4. The fourth-order valence-corrected chi connectivity index (χ4v) is 4.33. The predicted octanol–water partition coefficient (Wildman–Crippen LogP) is 2.65. The first kappa shape index (κ1) is 16.1. The molecule has 0 fully saturated rings. The van der Waals surface area contributed by atoms with Crippen molar-refractivity contribution in [3.05, 3.63) is 27.1 Å². The van der Waals surface area contributed by atoms with Crippen LogP contribution in [0.15, 0.2) is 32.0 Å². The van der Waals surface area contributed by atoms with Crippen LogP contribution in [0, 0.1) is 0 Å². The Morgan fingerprint density at radius 3 is 2.50 bits per heavy atom. The smallest absolute Gasteiger partial charge is 0.241 e. The average molecular weight is 401 g/mol. The van der Waals surface area contributed by atoms with E-state index in [-0.39, 0.29) is 10.9 Å². The average Bonchev–Trinajstić information content (AvgIpc) is 2.19. The van der Waals surface area contributed by atoms with Crippen LogP contribution in [0.4, 0.5) is 0 Å². The van der Waals surface area contributed by atoms with Gasteiger partial charge in [-0.05, 0) is 54.4 Å². The number of aliphatic hydroxyl groups excluding tert-OH is 1. The number of halogens is 2. The summed E-state index contributed by atoms with van der Waals surface area (Å²) in [6.07, 6.45) is -0.182. The first-order valence-electron chi connectivity index (χ1n) is 5.38. The third kappa shape index (κ3) is 4.62. The van der Waals surface area contributed by atoms with Crippen LogP contribution in [0.1, 0.15) is 20.3 Å². The van der Waals surface area contributed by atoms with Gasteiger partial charge >= 0.3 is 0 Å². The van der Waals surface area contributed by atoms with Crippen LogP contribution in [0.25, 0.3) is 0 Å². The molecule has 0 heterocycles. The Bertz CT molecular complexity index is 517. The largest absolute Gasteiger partial charge is 0.393 e. The van der Waals surface area contributed by atoms with Gasteiger partial charge in [0.2, 0.25) is 10.0 Å². The molecule has 102 valence electrons. The maximum atomic E-state index is 12.2. The molecule has 2 atom stereocenters. The molecule has 0 amide bonds. The highest BCUT2D eigenvalue weighted by Crippen LogP contribution is 2.25. The van der Waals surface area contributed by atoms with Crippen LogP contribution >= 0.6 is 31.9 Å². The Morgan fingerprint density at radius 2 is 1.94 bits per heavy atom. The summed E-state index contributed by atoms with van der Waals surface area (Å²) < 4.78 is 28.0. The molecule has 2 N–H and O–H groups in total. The van der Waals surface area contributed by atoms with Gasteiger partial charge in [-0.2, -0.15) is 0 Å². The van der Waals surface area contributed by atoms with Crippen molar-refractivity contribution in [2.45, 2.75) is 37.3 Å². The Morgan fingerprint density at radius 1 is 1.33 bits per heavy atom. The number of hydrogen-bond acceptors (Lipinski definition) is 3. The summed E-state index contributed by atoms with van der Waals surface area (Å²) in [5, 5.41) is 9.24. The molecular formula is C11H15Br2NO3S. The number of benzene rings is 1. The summed E-state index contributed by atoms with van der Waals surface area (Å²) in [5.41, 5.74) is 0. The van der Waals surface area contributed by atoms with Gasteiger partial charge in [0.25, 0.3) is 0 Å². The summed E-state index contributed by atoms with van der Waals surface area (Å²) in [5.74, 6) is 0. The van der Waals surface area contributed by atoms with E-state index in [1.807, 2.05) is 0 Å². The molecular weight excluding hydrogens is 386 g/mol. The number of hydrogen-bond donors (Lipinski definition) is 2. The van der Waals surface area contributed by atoms with Gasteiger partial charge in [-0.3, -0.25) is 0 Å². The number of nitrogens with one attached hydrogen (secondary N) is 1. The van der Waals surface area contributed by atoms with Gasteiger partial charge in [-0.1, -0.05) is 15.9 Å². The van der Waals surface area contributed by atoms with Crippen LogP contribution in [0.3, 0.4) is 0 Å². The fraction of sp³-hybridized carbons (Fsp3) is 0.455. The molecule has 0 saturated carbocycles. The minimum Gasteiger partial charge on any atom is -0.393 e. The minimum absolute atomic E-state index is 0.175. The first-order chi connectivity index (χ1) is 8.22. The molecule has 1 aromatic carbocycles. The van der Waals surface area contributed by atoms with E-state index >= 15 is 0 Å². The third-order valence-electron chi connectivity index (χ3n) is 2.23. The van der Waals surface area contributed by atoms with E-state index in [0.29, 0.717) is 15.4 Å². The molecule has 18 heavy (non-hydrogen) atoms. The fourth-order valence-electron chi connectivity index (χ4n) is 1.57. The van der Waals surface area contributed by atoms with Crippen LogP contribution < -0.4 is 4.72 Å².